The van der Waals surface area contributed by atoms with Crippen LogP contribution in [-0.2, 0) is 63.2 Å². The minimum Gasteiger partial charge on any atom is -0.683 e. The maximum Gasteiger partial charge on any atom is 4.00 e. The first kappa shape index (κ1) is 78.8. The molecule has 0 radical (unpaired) electrons. The average Bonchev–Trinajstić information content (AvgIpc) is 3.39. The van der Waals surface area contributed by atoms with Gasteiger partial charge in [-0.2, -0.15) is 84.6 Å². The molecule has 0 bridgehead atoms. The van der Waals surface area contributed by atoms with Crippen LogP contribution >= 0.6 is 0 Å². The van der Waals surface area contributed by atoms with Crippen LogP contribution in [0.25, 0.3) is 42.5 Å². The van der Waals surface area contributed by atoms with Crippen molar-refractivity contribution < 1.29 is 52.4 Å². The van der Waals surface area contributed by atoms with Gasteiger partial charge in [0.1, 0.15) is 0 Å². The van der Waals surface area contributed by atoms with Crippen LogP contribution in [0, 0.1) is 0 Å². The molecule has 0 aliphatic carbocycles. The van der Waals surface area contributed by atoms with Crippen LogP contribution in [0.5, 0.6) is 0 Å². The van der Waals surface area contributed by atoms with Crippen molar-refractivity contribution in [2.24, 2.45) is 0 Å². The SMILES string of the molecule is CC(C)c1cccc(C(C)C)c1[N-]C[C@](C)(c1ccccc1)c1ccccn1.CC(C)c1cccc(C(C)C)c1[N-]C[C@](C)(c1ccccc1)c1ccccn1.C[N-]C.C[N-]C.C[N-]C.C[N-]C.C[N-]C.C[N-]C.[Zr+4].[Zr+4]. The van der Waals surface area contributed by atoms with Gasteiger partial charge in [0, 0.05) is 34.6 Å². The van der Waals surface area contributed by atoms with Crippen LogP contribution in [0.4, 0.5) is 11.4 Å². The largest absolute Gasteiger partial charge is 4.00 e. The Bertz CT molecular complexity index is 1910. The minimum absolute atomic E-state index is 0. The molecule has 6 aromatic rings. The molecular weight excluding hydrogens is 1090 g/mol. The first-order chi connectivity index (χ1) is 35.3. The molecule has 0 saturated heterocycles. The van der Waals surface area contributed by atoms with E-state index in [1.165, 1.54) is 33.4 Å². The molecule has 0 fully saturated rings. The van der Waals surface area contributed by atoms with Crippen LogP contribution < -0.4 is 0 Å². The summed E-state index contributed by atoms with van der Waals surface area (Å²) in [6.45, 7) is 23.8. The van der Waals surface area contributed by atoms with Crippen LogP contribution in [-0.4, -0.2) is 108 Å². The monoisotopic (exact) mass is 1190 g/mol. The van der Waals surface area contributed by atoms with Gasteiger partial charge < -0.3 is 42.5 Å². The van der Waals surface area contributed by atoms with Gasteiger partial charge in [-0.05, 0) is 59.1 Å². The normalized spacial score (nSPS) is 11.4. The van der Waals surface area contributed by atoms with Gasteiger partial charge in [0.15, 0.2) is 0 Å². The van der Waals surface area contributed by atoms with Gasteiger partial charge in [0.2, 0.25) is 0 Å². The fourth-order valence-corrected chi connectivity index (χ4v) is 7.49. The van der Waals surface area contributed by atoms with Crippen LogP contribution in [0.15, 0.2) is 146 Å². The number of benzene rings is 4. The Hall–Kier alpha value is -3.69. The molecule has 0 aliphatic rings. The van der Waals surface area contributed by atoms with E-state index < -0.39 is 0 Å². The molecule has 0 spiro atoms. The first-order valence-corrected chi connectivity index (χ1v) is 25.8. The summed E-state index contributed by atoms with van der Waals surface area (Å²) in [5.74, 6) is 1.76. The quantitative estimate of drug-likeness (QED) is 0.107. The van der Waals surface area contributed by atoms with Crippen LogP contribution in [0.1, 0.15) is 138 Å². The van der Waals surface area contributed by atoms with Gasteiger partial charge in [-0.1, -0.05) is 201 Å². The summed E-state index contributed by atoms with van der Waals surface area (Å²) in [6, 6.07) is 46.7. The van der Waals surface area contributed by atoms with E-state index in [4.69, 9.17) is 20.6 Å². The minimum atomic E-state index is -0.277. The second kappa shape index (κ2) is 47.3. The number of pyridine rings is 2. The van der Waals surface area contributed by atoms with Gasteiger partial charge >= 0.3 is 52.4 Å². The van der Waals surface area contributed by atoms with E-state index in [1.54, 1.807) is 84.6 Å². The molecule has 0 unspecified atom stereocenters. The van der Waals surface area contributed by atoms with E-state index in [9.17, 15) is 0 Å². The van der Waals surface area contributed by atoms with Crippen molar-refractivity contribution in [3.63, 3.8) is 0 Å². The van der Waals surface area contributed by atoms with E-state index in [0.717, 1.165) is 22.8 Å². The number of para-hydroxylation sites is 2. The zero-order valence-electron chi connectivity index (χ0n) is 51.1. The zero-order valence-corrected chi connectivity index (χ0v) is 56.0. The Morgan fingerprint density at radius 3 is 0.750 bits per heavy atom. The number of rotatable bonds is 14. The summed E-state index contributed by atoms with van der Waals surface area (Å²) >= 11 is 0. The molecule has 12 heteroatoms. The Morgan fingerprint density at radius 2 is 0.553 bits per heavy atom. The molecule has 0 aliphatic heterocycles. The molecular formula is C64H98N10Zr2. The zero-order chi connectivity index (χ0) is 56.5. The average molecular weight is 1190 g/mol. The molecule has 4 aromatic carbocycles. The molecule has 6 rings (SSSR count). The summed E-state index contributed by atoms with van der Waals surface area (Å²) in [4.78, 5) is 9.39. The maximum atomic E-state index is 5.23. The van der Waals surface area contributed by atoms with E-state index in [2.05, 4.69) is 222 Å². The topological polar surface area (TPSA) is 139 Å². The summed E-state index contributed by atoms with van der Waals surface area (Å²) in [7, 11) is 21.0. The molecule has 0 saturated carbocycles. The van der Waals surface area contributed by atoms with Crippen LogP contribution in [0.3, 0.4) is 0 Å². The second-order valence-electron chi connectivity index (χ2n) is 19.3. The summed E-state index contributed by atoms with van der Waals surface area (Å²) < 4.78 is 0. The van der Waals surface area contributed by atoms with Crippen LogP contribution in [0.2, 0.25) is 0 Å². The van der Waals surface area contributed by atoms with Crippen molar-refractivity contribution in [1.29, 1.82) is 0 Å². The molecule has 0 N–H and O–H groups in total. The Morgan fingerprint density at radius 1 is 0.329 bits per heavy atom. The third kappa shape index (κ3) is 28.8. The Kier molecular flexibility index (Phi) is 49.1. The van der Waals surface area contributed by atoms with Crippen molar-refractivity contribution in [2.45, 2.75) is 104 Å². The third-order valence-corrected chi connectivity index (χ3v) is 11.1. The Labute approximate surface area is 504 Å². The molecule has 412 valence electrons. The van der Waals surface area contributed by atoms with Gasteiger partial charge in [-0.15, -0.1) is 24.5 Å². The fourth-order valence-electron chi connectivity index (χ4n) is 7.49. The summed E-state index contributed by atoms with van der Waals surface area (Å²) in [6.07, 6.45) is 3.75. The smallest absolute Gasteiger partial charge is 0.683 e. The standard InChI is InChI=1S/2C26H31N2.6C2H6N.2Zr/c2*1-19(2)22-14-11-15-23(20(3)4)25(22)28-18-26(5,21-12-7-6-8-13-21)24-16-9-10-17-27-24;6*1-3-2;;/h2*6-17,19-20H,18H2,1-5H3;6*1-2H3;;/q8*-1;2*+4/t2*26-;;;;;;;;/m11......../s1. The van der Waals surface area contributed by atoms with E-state index in [0.29, 0.717) is 36.8 Å². The van der Waals surface area contributed by atoms with Crippen molar-refractivity contribution in [1.82, 2.24) is 9.97 Å². The predicted molar refractivity (Wildman–Crippen MR) is 331 cm³/mol. The van der Waals surface area contributed by atoms with E-state index in [1.807, 2.05) is 24.5 Å². The van der Waals surface area contributed by atoms with Gasteiger partial charge in [0.25, 0.3) is 0 Å². The Balaban J connectivity index is -0.000000509. The van der Waals surface area contributed by atoms with Crippen molar-refractivity contribution in [2.75, 3.05) is 97.7 Å². The first-order valence-electron chi connectivity index (χ1n) is 25.8. The maximum absolute atomic E-state index is 5.23. The number of hydrogen-bond donors (Lipinski definition) is 0. The molecule has 2 atom stereocenters. The molecule has 0 amide bonds. The summed E-state index contributed by atoms with van der Waals surface area (Å²) in [5.41, 5.74) is 11.6. The number of hydrogen-bond acceptors (Lipinski definition) is 2. The molecule has 2 aromatic heterocycles. The summed E-state index contributed by atoms with van der Waals surface area (Å²) in [5, 5.41) is 31.5. The van der Waals surface area contributed by atoms with Gasteiger partial charge in [-0.25, -0.2) is 0 Å². The van der Waals surface area contributed by atoms with Crippen molar-refractivity contribution in [3.05, 3.63) is 233 Å². The molecule has 10 nitrogen and oxygen atoms in total. The van der Waals surface area contributed by atoms with Crippen molar-refractivity contribution >= 4 is 11.4 Å². The third-order valence-electron chi connectivity index (χ3n) is 11.1. The number of aromatic nitrogens is 2. The fraction of sp³-hybridized carbons (Fsp3) is 0.469. The van der Waals surface area contributed by atoms with E-state index in [-0.39, 0.29) is 63.2 Å². The van der Waals surface area contributed by atoms with Crippen molar-refractivity contribution in [3.8, 4) is 0 Å². The van der Waals surface area contributed by atoms with Gasteiger partial charge in [0.05, 0.1) is 0 Å². The second-order valence-corrected chi connectivity index (χ2v) is 19.3. The molecule has 76 heavy (non-hydrogen) atoms. The molecule has 2 heterocycles. The van der Waals surface area contributed by atoms with Gasteiger partial charge in [-0.3, -0.25) is 9.97 Å². The van der Waals surface area contributed by atoms with E-state index >= 15 is 0 Å². The number of nitrogens with zero attached hydrogens (tertiary/aromatic N) is 10. The predicted octanol–water partition coefficient (Wildman–Crippen LogP) is 18.4.